The molecule has 134 valence electrons. The van der Waals surface area contributed by atoms with Crippen LogP contribution in [0.1, 0.15) is 37.6 Å². The lowest BCUT2D eigenvalue weighted by molar-refractivity contribution is 0.0251. The third-order valence-electron chi connectivity index (χ3n) is 4.98. The van der Waals surface area contributed by atoms with Gasteiger partial charge in [-0.3, -0.25) is 14.6 Å². The Hall–Kier alpha value is -1.37. The van der Waals surface area contributed by atoms with Crippen molar-refractivity contribution in [1.82, 2.24) is 19.7 Å². The zero-order valence-corrected chi connectivity index (χ0v) is 15.8. The van der Waals surface area contributed by atoms with Gasteiger partial charge in [-0.15, -0.1) is 11.8 Å². The minimum Gasteiger partial charge on any atom is -0.371 e. The standard InChI is InChI=1S/C19H26N4OS/c1-15(2)23-10-16(8-21-23)9-22-13-19(14-22)7-18(12-25-19)24-11-17-5-3-4-6-20-17/h3-6,8,10,15,18H,7,9,11-14H2,1-2H3/t18-/m0/s1. The van der Waals surface area contributed by atoms with Gasteiger partial charge in [0.15, 0.2) is 0 Å². The second-order valence-electron chi connectivity index (χ2n) is 7.52. The number of hydrogen-bond donors (Lipinski definition) is 0. The number of nitrogens with zero attached hydrogens (tertiary/aromatic N) is 4. The molecule has 1 spiro atoms. The van der Waals surface area contributed by atoms with Crippen molar-refractivity contribution in [2.24, 2.45) is 0 Å². The van der Waals surface area contributed by atoms with Crippen molar-refractivity contribution in [2.45, 2.75) is 50.3 Å². The maximum Gasteiger partial charge on any atom is 0.0892 e. The summed E-state index contributed by atoms with van der Waals surface area (Å²) in [6, 6.07) is 6.42. The van der Waals surface area contributed by atoms with Crippen LogP contribution in [0.15, 0.2) is 36.8 Å². The highest BCUT2D eigenvalue weighted by Gasteiger charge is 2.49. The number of thioether (sulfide) groups is 1. The quantitative estimate of drug-likeness (QED) is 0.794. The summed E-state index contributed by atoms with van der Waals surface area (Å²) in [4.78, 5) is 6.86. The Morgan fingerprint density at radius 1 is 1.36 bits per heavy atom. The van der Waals surface area contributed by atoms with E-state index >= 15 is 0 Å². The lowest BCUT2D eigenvalue weighted by atomic mass is 9.92. The van der Waals surface area contributed by atoms with Gasteiger partial charge in [-0.25, -0.2) is 0 Å². The van der Waals surface area contributed by atoms with Crippen LogP contribution in [0.2, 0.25) is 0 Å². The molecule has 1 atom stereocenters. The molecule has 0 aromatic carbocycles. The van der Waals surface area contributed by atoms with Crippen molar-refractivity contribution in [2.75, 3.05) is 18.8 Å². The van der Waals surface area contributed by atoms with Gasteiger partial charge in [0, 0.05) is 54.1 Å². The third kappa shape index (κ3) is 3.91. The van der Waals surface area contributed by atoms with E-state index in [0.29, 0.717) is 23.5 Å². The summed E-state index contributed by atoms with van der Waals surface area (Å²) in [5.74, 6) is 1.10. The lowest BCUT2D eigenvalue weighted by Crippen LogP contribution is -2.58. The second-order valence-corrected chi connectivity index (χ2v) is 9.01. The van der Waals surface area contributed by atoms with Gasteiger partial charge >= 0.3 is 0 Å². The fraction of sp³-hybridized carbons (Fsp3) is 0.579. The summed E-state index contributed by atoms with van der Waals surface area (Å²) in [6.45, 7) is 8.28. The van der Waals surface area contributed by atoms with Crippen LogP contribution < -0.4 is 0 Å². The minimum atomic E-state index is 0.359. The van der Waals surface area contributed by atoms with E-state index in [1.807, 2.05) is 35.3 Å². The summed E-state index contributed by atoms with van der Waals surface area (Å²) in [6.07, 6.45) is 7.53. The maximum atomic E-state index is 6.09. The highest BCUT2D eigenvalue weighted by Crippen LogP contribution is 2.46. The molecule has 0 saturated carbocycles. The number of likely N-dealkylation sites (tertiary alicyclic amines) is 1. The van der Waals surface area contributed by atoms with Gasteiger partial charge in [-0.1, -0.05) is 6.07 Å². The van der Waals surface area contributed by atoms with Gasteiger partial charge in [0.2, 0.25) is 0 Å². The molecular weight excluding hydrogens is 332 g/mol. The van der Waals surface area contributed by atoms with Crippen molar-refractivity contribution >= 4 is 11.8 Å². The first-order valence-corrected chi connectivity index (χ1v) is 10.0. The molecule has 6 heteroatoms. The molecule has 0 aliphatic carbocycles. The molecule has 0 amide bonds. The Bertz CT molecular complexity index is 696. The van der Waals surface area contributed by atoms with E-state index < -0.39 is 0 Å². The SMILES string of the molecule is CC(C)n1cc(CN2CC3(C[C@H](OCc4ccccn4)CS3)C2)cn1. The summed E-state index contributed by atoms with van der Waals surface area (Å²) < 4.78 is 8.53. The van der Waals surface area contributed by atoms with E-state index in [1.54, 1.807) is 0 Å². The number of aromatic nitrogens is 3. The minimum absolute atomic E-state index is 0.359. The summed E-state index contributed by atoms with van der Waals surface area (Å²) in [5, 5.41) is 4.44. The molecule has 4 rings (SSSR count). The van der Waals surface area contributed by atoms with Crippen LogP contribution >= 0.6 is 11.8 Å². The van der Waals surface area contributed by atoms with Crippen LogP contribution in [-0.4, -0.2) is 49.4 Å². The Morgan fingerprint density at radius 2 is 2.24 bits per heavy atom. The molecule has 2 aliphatic heterocycles. The van der Waals surface area contributed by atoms with Gasteiger partial charge < -0.3 is 4.74 Å². The van der Waals surface area contributed by atoms with Crippen molar-refractivity contribution < 1.29 is 4.74 Å². The molecule has 25 heavy (non-hydrogen) atoms. The normalized spacial score (nSPS) is 22.6. The zero-order chi connectivity index (χ0) is 17.3. The third-order valence-corrected chi connectivity index (χ3v) is 6.56. The van der Waals surface area contributed by atoms with Gasteiger partial charge in [-0.05, 0) is 32.4 Å². The molecule has 4 heterocycles. The number of hydrogen-bond acceptors (Lipinski definition) is 5. The summed E-state index contributed by atoms with van der Waals surface area (Å²) in [7, 11) is 0. The molecule has 0 bridgehead atoms. The van der Waals surface area contributed by atoms with Gasteiger partial charge in [-0.2, -0.15) is 5.10 Å². The smallest absolute Gasteiger partial charge is 0.0892 e. The largest absolute Gasteiger partial charge is 0.371 e. The molecule has 5 nitrogen and oxygen atoms in total. The first-order chi connectivity index (χ1) is 12.1. The molecule has 2 fully saturated rings. The number of rotatable bonds is 6. The molecule has 2 saturated heterocycles. The Balaban J connectivity index is 1.23. The Kier molecular flexibility index (Phi) is 4.84. The van der Waals surface area contributed by atoms with E-state index in [1.165, 1.54) is 5.56 Å². The monoisotopic (exact) mass is 358 g/mol. The predicted molar refractivity (Wildman–Crippen MR) is 101 cm³/mol. The van der Waals surface area contributed by atoms with E-state index in [9.17, 15) is 0 Å². The van der Waals surface area contributed by atoms with Crippen LogP contribution in [0.3, 0.4) is 0 Å². The molecule has 2 aromatic heterocycles. The van der Waals surface area contributed by atoms with Crippen LogP contribution in [0.5, 0.6) is 0 Å². The molecular formula is C19H26N4OS. The molecule has 0 radical (unpaired) electrons. The average molecular weight is 359 g/mol. The van der Waals surface area contributed by atoms with E-state index in [0.717, 1.165) is 37.5 Å². The molecule has 2 aliphatic rings. The van der Waals surface area contributed by atoms with Gasteiger partial charge in [0.05, 0.1) is 24.6 Å². The van der Waals surface area contributed by atoms with Crippen LogP contribution in [-0.2, 0) is 17.9 Å². The lowest BCUT2D eigenvalue weighted by Gasteiger charge is -2.47. The highest BCUT2D eigenvalue weighted by molar-refractivity contribution is 8.01. The van der Waals surface area contributed by atoms with E-state index in [-0.39, 0.29) is 0 Å². The van der Waals surface area contributed by atoms with Gasteiger partial charge in [0.1, 0.15) is 0 Å². The van der Waals surface area contributed by atoms with Crippen LogP contribution in [0, 0.1) is 0 Å². The van der Waals surface area contributed by atoms with Crippen molar-refractivity contribution in [1.29, 1.82) is 0 Å². The van der Waals surface area contributed by atoms with Crippen molar-refractivity contribution in [3.05, 3.63) is 48.0 Å². The fourth-order valence-corrected chi connectivity index (χ4v) is 5.30. The molecule has 0 N–H and O–H groups in total. The average Bonchev–Trinajstić information content (AvgIpc) is 3.21. The topological polar surface area (TPSA) is 43.2 Å². The van der Waals surface area contributed by atoms with E-state index in [4.69, 9.17) is 4.74 Å². The van der Waals surface area contributed by atoms with Gasteiger partial charge in [0.25, 0.3) is 0 Å². The number of ether oxygens (including phenoxy) is 1. The number of pyridine rings is 1. The fourth-order valence-electron chi connectivity index (χ4n) is 3.70. The summed E-state index contributed by atoms with van der Waals surface area (Å²) >= 11 is 2.09. The molecule has 0 unspecified atom stereocenters. The highest BCUT2D eigenvalue weighted by atomic mass is 32.2. The first kappa shape index (κ1) is 17.1. The first-order valence-electron chi connectivity index (χ1n) is 9.03. The van der Waals surface area contributed by atoms with Crippen LogP contribution in [0.4, 0.5) is 0 Å². The van der Waals surface area contributed by atoms with Crippen LogP contribution in [0.25, 0.3) is 0 Å². The van der Waals surface area contributed by atoms with Crippen molar-refractivity contribution in [3.63, 3.8) is 0 Å². The second kappa shape index (κ2) is 7.09. The van der Waals surface area contributed by atoms with E-state index in [2.05, 4.69) is 46.8 Å². The molecule has 2 aromatic rings. The van der Waals surface area contributed by atoms with Crippen molar-refractivity contribution in [3.8, 4) is 0 Å². The predicted octanol–water partition coefficient (Wildman–Crippen LogP) is 3.14. The zero-order valence-electron chi connectivity index (χ0n) is 15.0. The maximum absolute atomic E-state index is 6.09. The summed E-state index contributed by atoms with van der Waals surface area (Å²) in [5.41, 5.74) is 2.33. The Morgan fingerprint density at radius 3 is 2.96 bits per heavy atom. The Labute approximate surface area is 153 Å².